The minimum absolute atomic E-state index is 0.0534. The number of para-hydroxylation sites is 1. The van der Waals surface area contributed by atoms with Crippen LogP contribution in [0.15, 0.2) is 83.1 Å². The van der Waals surface area contributed by atoms with E-state index in [0.29, 0.717) is 13.0 Å². The molecule has 3 aromatic heterocycles. The maximum atomic E-state index is 13.2. The predicted octanol–water partition coefficient (Wildman–Crippen LogP) is 4.92. The predicted molar refractivity (Wildman–Crippen MR) is 115 cm³/mol. The molecule has 4 nitrogen and oxygen atoms in total. The Morgan fingerprint density at radius 2 is 1.79 bits per heavy atom. The molecule has 28 heavy (non-hydrogen) atoms. The molecule has 0 amide bonds. The number of aromatic nitrogens is 3. The fourth-order valence-corrected chi connectivity index (χ4v) is 4.25. The number of nitrogens with zero attached hydrogens (tertiary/aromatic N) is 3. The molecule has 0 spiro atoms. The molecule has 0 aliphatic rings. The molecule has 0 bridgehead atoms. The van der Waals surface area contributed by atoms with Crippen molar-refractivity contribution in [2.45, 2.75) is 13.0 Å². The SMILES string of the molecule is O=c1c2c(-c3cccs3)cccc2cnn1CCc1ccc2ccccc2n1. The Labute approximate surface area is 165 Å². The van der Waals surface area contributed by atoms with Gasteiger partial charge in [-0.1, -0.05) is 48.5 Å². The first-order valence-electron chi connectivity index (χ1n) is 9.17. The smallest absolute Gasteiger partial charge is 0.267 e. The standard InChI is InChI=1S/C23H17N3OS/c27-23-22-17(6-3-7-19(22)21-9-4-14-28-21)15-24-26(23)13-12-18-11-10-16-5-1-2-8-20(16)25-18/h1-11,14-15H,12-13H2. The molecule has 136 valence electrons. The highest BCUT2D eigenvalue weighted by molar-refractivity contribution is 7.13. The minimum Gasteiger partial charge on any atom is -0.267 e. The second-order valence-corrected chi connectivity index (χ2v) is 7.61. The van der Waals surface area contributed by atoms with Crippen LogP contribution in [-0.4, -0.2) is 14.8 Å². The van der Waals surface area contributed by atoms with E-state index in [1.807, 2.05) is 66.0 Å². The van der Waals surface area contributed by atoms with E-state index in [2.05, 4.69) is 11.2 Å². The monoisotopic (exact) mass is 383 g/mol. The lowest BCUT2D eigenvalue weighted by atomic mass is 10.1. The molecule has 5 heteroatoms. The highest BCUT2D eigenvalue weighted by atomic mass is 32.1. The van der Waals surface area contributed by atoms with Gasteiger partial charge in [0.05, 0.1) is 23.6 Å². The van der Waals surface area contributed by atoms with Gasteiger partial charge in [-0.15, -0.1) is 11.3 Å². The van der Waals surface area contributed by atoms with Crippen LogP contribution in [0.1, 0.15) is 5.69 Å². The van der Waals surface area contributed by atoms with Gasteiger partial charge in [0.15, 0.2) is 0 Å². The summed E-state index contributed by atoms with van der Waals surface area (Å²) in [5.74, 6) is 0. The Morgan fingerprint density at radius 3 is 2.68 bits per heavy atom. The fourth-order valence-electron chi connectivity index (χ4n) is 3.49. The van der Waals surface area contributed by atoms with Gasteiger partial charge in [-0.3, -0.25) is 9.78 Å². The summed E-state index contributed by atoms with van der Waals surface area (Å²) in [6.07, 6.45) is 2.44. The molecule has 0 unspecified atom stereocenters. The van der Waals surface area contributed by atoms with E-state index in [-0.39, 0.29) is 5.56 Å². The van der Waals surface area contributed by atoms with Crippen LogP contribution in [0.4, 0.5) is 0 Å². The average molecular weight is 383 g/mol. The maximum absolute atomic E-state index is 13.2. The zero-order valence-electron chi connectivity index (χ0n) is 15.1. The number of hydrogen-bond acceptors (Lipinski definition) is 4. The molecule has 0 saturated heterocycles. The van der Waals surface area contributed by atoms with Crippen LogP contribution in [0.2, 0.25) is 0 Å². The van der Waals surface area contributed by atoms with Crippen LogP contribution in [0.5, 0.6) is 0 Å². The molecule has 5 aromatic rings. The number of thiophene rings is 1. The Hall–Kier alpha value is -3.31. The first-order valence-corrected chi connectivity index (χ1v) is 10.0. The van der Waals surface area contributed by atoms with E-state index in [1.54, 1.807) is 22.2 Å². The van der Waals surface area contributed by atoms with Gasteiger partial charge in [-0.25, -0.2) is 4.68 Å². The summed E-state index contributed by atoms with van der Waals surface area (Å²) in [4.78, 5) is 19.0. The Kier molecular flexibility index (Phi) is 4.22. The molecule has 0 radical (unpaired) electrons. The lowest BCUT2D eigenvalue weighted by molar-refractivity contribution is 0.580. The van der Waals surface area contributed by atoms with E-state index < -0.39 is 0 Å². The van der Waals surface area contributed by atoms with Crippen molar-refractivity contribution < 1.29 is 0 Å². The van der Waals surface area contributed by atoms with Gasteiger partial charge in [0.2, 0.25) is 0 Å². The molecule has 3 heterocycles. The highest BCUT2D eigenvalue weighted by Crippen LogP contribution is 2.29. The highest BCUT2D eigenvalue weighted by Gasteiger charge is 2.11. The molecule has 0 aliphatic carbocycles. The number of rotatable bonds is 4. The van der Waals surface area contributed by atoms with Gasteiger partial charge < -0.3 is 0 Å². The van der Waals surface area contributed by atoms with E-state index >= 15 is 0 Å². The van der Waals surface area contributed by atoms with Crippen molar-refractivity contribution in [2.75, 3.05) is 0 Å². The summed E-state index contributed by atoms with van der Waals surface area (Å²) in [5, 5.41) is 9.13. The minimum atomic E-state index is -0.0534. The Balaban J connectivity index is 1.51. The van der Waals surface area contributed by atoms with Crippen LogP contribution in [0.25, 0.3) is 32.1 Å². The van der Waals surface area contributed by atoms with Crippen LogP contribution >= 0.6 is 11.3 Å². The lowest BCUT2D eigenvalue weighted by Crippen LogP contribution is -2.24. The summed E-state index contributed by atoms with van der Waals surface area (Å²) in [6.45, 7) is 0.499. The summed E-state index contributed by atoms with van der Waals surface area (Å²) in [5.41, 5.74) is 2.85. The second-order valence-electron chi connectivity index (χ2n) is 6.67. The first kappa shape index (κ1) is 16.8. The van der Waals surface area contributed by atoms with Crippen molar-refractivity contribution in [3.05, 3.63) is 94.4 Å². The normalized spacial score (nSPS) is 11.3. The van der Waals surface area contributed by atoms with Crippen LogP contribution in [0.3, 0.4) is 0 Å². The van der Waals surface area contributed by atoms with Crippen molar-refractivity contribution in [3.8, 4) is 10.4 Å². The maximum Gasteiger partial charge on any atom is 0.275 e. The molecule has 0 aliphatic heterocycles. The zero-order valence-corrected chi connectivity index (χ0v) is 15.9. The Morgan fingerprint density at radius 1 is 0.893 bits per heavy atom. The second kappa shape index (κ2) is 7.02. The third-order valence-corrected chi connectivity index (χ3v) is 5.81. The van der Waals surface area contributed by atoms with Gasteiger partial charge in [0.25, 0.3) is 5.56 Å². The van der Waals surface area contributed by atoms with Crippen molar-refractivity contribution in [1.82, 2.24) is 14.8 Å². The summed E-state index contributed by atoms with van der Waals surface area (Å²) >= 11 is 1.64. The Bertz CT molecular complexity index is 1340. The van der Waals surface area contributed by atoms with Gasteiger partial charge in [0, 0.05) is 33.3 Å². The number of benzene rings is 2. The summed E-state index contributed by atoms with van der Waals surface area (Å²) in [6, 6.07) is 22.1. The van der Waals surface area contributed by atoms with E-state index in [4.69, 9.17) is 4.98 Å². The number of pyridine rings is 1. The molecule has 0 atom stereocenters. The zero-order chi connectivity index (χ0) is 18.9. The molecule has 0 N–H and O–H groups in total. The molecule has 5 rings (SSSR count). The molecule has 2 aromatic carbocycles. The summed E-state index contributed by atoms with van der Waals surface area (Å²) in [7, 11) is 0. The number of hydrogen-bond donors (Lipinski definition) is 0. The number of fused-ring (bicyclic) bond motifs is 2. The molecular weight excluding hydrogens is 366 g/mol. The van der Waals surface area contributed by atoms with Crippen molar-refractivity contribution in [3.63, 3.8) is 0 Å². The summed E-state index contributed by atoms with van der Waals surface area (Å²) < 4.78 is 1.55. The third kappa shape index (κ3) is 3.00. The molecule has 0 fully saturated rings. The molecule has 0 saturated carbocycles. The van der Waals surface area contributed by atoms with Gasteiger partial charge in [-0.05, 0) is 23.6 Å². The van der Waals surface area contributed by atoms with Gasteiger partial charge in [-0.2, -0.15) is 5.10 Å². The average Bonchev–Trinajstić information content (AvgIpc) is 3.27. The van der Waals surface area contributed by atoms with Crippen LogP contribution in [0, 0.1) is 0 Å². The lowest BCUT2D eigenvalue weighted by Gasteiger charge is -2.09. The quantitative estimate of drug-likeness (QED) is 0.443. The van der Waals surface area contributed by atoms with E-state index in [9.17, 15) is 4.79 Å². The molecular formula is C23H17N3OS. The fraction of sp³-hybridized carbons (Fsp3) is 0.0870. The van der Waals surface area contributed by atoms with E-state index in [1.165, 1.54) is 0 Å². The largest absolute Gasteiger partial charge is 0.275 e. The van der Waals surface area contributed by atoms with Crippen molar-refractivity contribution >= 4 is 33.0 Å². The van der Waals surface area contributed by atoms with E-state index in [0.717, 1.165) is 37.8 Å². The van der Waals surface area contributed by atoms with Gasteiger partial charge in [0.1, 0.15) is 0 Å². The third-order valence-electron chi connectivity index (χ3n) is 4.90. The van der Waals surface area contributed by atoms with Crippen LogP contribution < -0.4 is 5.56 Å². The van der Waals surface area contributed by atoms with Crippen LogP contribution in [-0.2, 0) is 13.0 Å². The topological polar surface area (TPSA) is 47.8 Å². The number of aryl methyl sites for hydroxylation is 2. The van der Waals surface area contributed by atoms with Gasteiger partial charge >= 0.3 is 0 Å². The van der Waals surface area contributed by atoms with Crippen molar-refractivity contribution in [2.24, 2.45) is 0 Å². The van der Waals surface area contributed by atoms with Crippen molar-refractivity contribution in [1.29, 1.82) is 0 Å². The first-order chi connectivity index (χ1) is 13.8.